The van der Waals surface area contributed by atoms with E-state index >= 15 is 0 Å². The number of nitrogens with one attached hydrogen (secondary N) is 1. The van der Waals surface area contributed by atoms with Crippen molar-refractivity contribution in [3.63, 3.8) is 0 Å². The van der Waals surface area contributed by atoms with E-state index in [0.29, 0.717) is 6.54 Å². The van der Waals surface area contributed by atoms with Crippen molar-refractivity contribution in [1.29, 1.82) is 0 Å². The highest BCUT2D eigenvalue weighted by Gasteiger charge is 2.19. The Labute approximate surface area is 155 Å². The van der Waals surface area contributed by atoms with Gasteiger partial charge in [0.1, 0.15) is 12.7 Å². The lowest BCUT2D eigenvalue weighted by molar-refractivity contribution is -0.123. The Bertz CT molecular complexity index is 677. The van der Waals surface area contributed by atoms with E-state index in [0.717, 1.165) is 44.8 Å². The Balaban J connectivity index is 1.37. The van der Waals surface area contributed by atoms with Crippen molar-refractivity contribution >= 4 is 5.91 Å². The zero-order valence-electron chi connectivity index (χ0n) is 15.6. The maximum atomic E-state index is 12.3. The molecular formula is C19H28N6O. The molecule has 140 valence electrons. The van der Waals surface area contributed by atoms with E-state index in [2.05, 4.69) is 56.4 Å². The zero-order valence-corrected chi connectivity index (χ0v) is 15.6. The number of carbonyl (C=O) groups excluding carboxylic acids is 1. The average molecular weight is 356 g/mol. The third-order valence-electron chi connectivity index (χ3n) is 4.90. The number of carbonyl (C=O) groups is 1. The Hall–Kier alpha value is -2.25. The molecule has 2 heterocycles. The molecule has 1 unspecified atom stereocenters. The fraction of sp³-hybridized carbons (Fsp3) is 0.526. The Kier molecular flexibility index (Phi) is 6.35. The number of aromatic nitrogens is 3. The molecule has 0 aliphatic carbocycles. The van der Waals surface area contributed by atoms with Crippen molar-refractivity contribution in [1.82, 2.24) is 29.9 Å². The summed E-state index contributed by atoms with van der Waals surface area (Å²) in [5.74, 6) is 0.0918. The summed E-state index contributed by atoms with van der Waals surface area (Å²) in [5, 5.41) is 7.23. The van der Waals surface area contributed by atoms with Gasteiger partial charge in [0.2, 0.25) is 5.91 Å². The van der Waals surface area contributed by atoms with Crippen LogP contribution in [-0.4, -0.2) is 69.7 Å². The van der Waals surface area contributed by atoms with Crippen molar-refractivity contribution < 1.29 is 4.79 Å². The number of benzene rings is 1. The minimum Gasteiger partial charge on any atom is -0.348 e. The largest absolute Gasteiger partial charge is 0.348 e. The van der Waals surface area contributed by atoms with Crippen LogP contribution in [0, 0.1) is 6.92 Å². The highest BCUT2D eigenvalue weighted by molar-refractivity contribution is 5.78. The summed E-state index contributed by atoms with van der Waals surface area (Å²) in [4.78, 5) is 20.9. The van der Waals surface area contributed by atoms with Crippen LogP contribution in [0.15, 0.2) is 36.9 Å². The van der Waals surface area contributed by atoms with Crippen LogP contribution in [-0.2, 0) is 11.3 Å². The van der Waals surface area contributed by atoms with Crippen molar-refractivity contribution in [2.24, 2.45) is 0 Å². The van der Waals surface area contributed by atoms with Gasteiger partial charge in [0.15, 0.2) is 0 Å². The van der Waals surface area contributed by atoms with Gasteiger partial charge < -0.3 is 5.32 Å². The normalized spacial score (nSPS) is 17.2. The lowest BCUT2D eigenvalue weighted by Gasteiger charge is -2.34. The van der Waals surface area contributed by atoms with Crippen LogP contribution in [0.4, 0.5) is 0 Å². The molecule has 0 saturated carbocycles. The topological polar surface area (TPSA) is 66.3 Å². The number of amides is 1. The van der Waals surface area contributed by atoms with Gasteiger partial charge in [0.05, 0.1) is 19.1 Å². The van der Waals surface area contributed by atoms with Gasteiger partial charge in [0.25, 0.3) is 0 Å². The maximum Gasteiger partial charge on any atom is 0.234 e. The van der Waals surface area contributed by atoms with Crippen LogP contribution < -0.4 is 5.32 Å². The maximum absolute atomic E-state index is 12.3. The first-order valence-corrected chi connectivity index (χ1v) is 9.23. The van der Waals surface area contributed by atoms with Crippen molar-refractivity contribution in [3.8, 4) is 0 Å². The SMILES string of the molecule is Cc1ccc(C(C)NC(=O)CN2CCN(CCn3cncn3)CC2)cc1. The van der Waals surface area contributed by atoms with E-state index in [1.165, 1.54) is 5.56 Å². The summed E-state index contributed by atoms with van der Waals surface area (Å²) in [6, 6.07) is 8.35. The molecular weight excluding hydrogens is 328 g/mol. The molecule has 1 saturated heterocycles. The quantitative estimate of drug-likeness (QED) is 0.804. The molecule has 0 bridgehead atoms. The molecule has 1 atom stereocenters. The van der Waals surface area contributed by atoms with E-state index in [-0.39, 0.29) is 11.9 Å². The third kappa shape index (κ3) is 5.37. The predicted molar refractivity (Wildman–Crippen MR) is 101 cm³/mol. The first-order valence-electron chi connectivity index (χ1n) is 9.23. The molecule has 7 nitrogen and oxygen atoms in total. The Morgan fingerprint density at radius 3 is 2.46 bits per heavy atom. The van der Waals surface area contributed by atoms with Crippen LogP contribution in [0.1, 0.15) is 24.1 Å². The number of rotatable bonds is 7. The summed E-state index contributed by atoms with van der Waals surface area (Å²) < 4.78 is 1.85. The first-order chi connectivity index (χ1) is 12.6. The van der Waals surface area contributed by atoms with E-state index in [4.69, 9.17) is 0 Å². The van der Waals surface area contributed by atoms with E-state index < -0.39 is 0 Å². The van der Waals surface area contributed by atoms with E-state index in [1.54, 1.807) is 12.7 Å². The molecule has 0 spiro atoms. The Morgan fingerprint density at radius 2 is 1.81 bits per heavy atom. The number of piperazine rings is 1. The van der Waals surface area contributed by atoms with Gasteiger partial charge in [-0.25, -0.2) is 4.98 Å². The van der Waals surface area contributed by atoms with Gasteiger partial charge in [-0.15, -0.1) is 0 Å². The predicted octanol–water partition coefficient (Wildman–Crippen LogP) is 1.08. The van der Waals surface area contributed by atoms with Crippen LogP contribution in [0.25, 0.3) is 0 Å². The molecule has 2 aromatic rings. The molecule has 1 N–H and O–H groups in total. The molecule has 1 aliphatic rings. The molecule has 1 aliphatic heterocycles. The molecule has 26 heavy (non-hydrogen) atoms. The number of nitrogens with zero attached hydrogens (tertiary/aromatic N) is 5. The van der Waals surface area contributed by atoms with Crippen LogP contribution in [0.3, 0.4) is 0 Å². The summed E-state index contributed by atoms with van der Waals surface area (Å²) in [6.07, 6.45) is 3.31. The Morgan fingerprint density at radius 1 is 1.12 bits per heavy atom. The van der Waals surface area contributed by atoms with Crippen LogP contribution in [0.2, 0.25) is 0 Å². The lowest BCUT2D eigenvalue weighted by atomic mass is 10.1. The monoisotopic (exact) mass is 356 g/mol. The molecule has 1 amide bonds. The number of hydrogen-bond acceptors (Lipinski definition) is 5. The summed E-state index contributed by atoms with van der Waals surface area (Å²) in [7, 11) is 0. The van der Waals surface area contributed by atoms with Crippen molar-refractivity contribution in [3.05, 3.63) is 48.0 Å². The molecule has 1 aromatic heterocycles. The molecule has 3 rings (SSSR count). The highest BCUT2D eigenvalue weighted by atomic mass is 16.2. The van der Waals surface area contributed by atoms with Gasteiger partial charge >= 0.3 is 0 Å². The van der Waals surface area contributed by atoms with Crippen molar-refractivity contribution in [2.45, 2.75) is 26.4 Å². The summed E-state index contributed by atoms with van der Waals surface area (Å²) >= 11 is 0. The standard InChI is InChI=1S/C19H28N6O/c1-16-3-5-18(6-4-16)17(2)22-19(26)13-24-9-7-23(8-10-24)11-12-25-15-20-14-21-25/h3-6,14-15,17H,7-13H2,1-2H3,(H,22,26). The highest BCUT2D eigenvalue weighted by Crippen LogP contribution is 2.13. The third-order valence-corrected chi connectivity index (χ3v) is 4.90. The lowest BCUT2D eigenvalue weighted by Crippen LogP contribution is -2.50. The molecule has 0 radical (unpaired) electrons. The fourth-order valence-electron chi connectivity index (χ4n) is 3.19. The smallest absolute Gasteiger partial charge is 0.234 e. The minimum atomic E-state index is 0.0343. The first kappa shape index (κ1) is 18.5. The zero-order chi connectivity index (χ0) is 18.4. The fourth-order valence-corrected chi connectivity index (χ4v) is 3.19. The van der Waals surface area contributed by atoms with E-state index in [9.17, 15) is 4.79 Å². The molecule has 1 fully saturated rings. The second kappa shape index (κ2) is 8.91. The van der Waals surface area contributed by atoms with Gasteiger partial charge in [-0.1, -0.05) is 29.8 Å². The van der Waals surface area contributed by atoms with Gasteiger partial charge in [-0.2, -0.15) is 5.10 Å². The second-order valence-corrected chi connectivity index (χ2v) is 6.98. The van der Waals surface area contributed by atoms with Gasteiger partial charge in [-0.3, -0.25) is 19.3 Å². The number of hydrogen-bond donors (Lipinski definition) is 1. The van der Waals surface area contributed by atoms with E-state index in [1.807, 2.05) is 11.6 Å². The van der Waals surface area contributed by atoms with Gasteiger partial charge in [-0.05, 0) is 19.4 Å². The van der Waals surface area contributed by atoms with Crippen molar-refractivity contribution in [2.75, 3.05) is 39.3 Å². The summed E-state index contributed by atoms with van der Waals surface area (Å²) in [6.45, 7) is 10.2. The second-order valence-electron chi connectivity index (χ2n) is 6.98. The van der Waals surface area contributed by atoms with Crippen LogP contribution >= 0.6 is 0 Å². The molecule has 7 heteroatoms. The minimum absolute atomic E-state index is 0.0343. The summed E-state index contributed by atoms with van der Waals surface area (Å²) in [5.41, 5.74) is 2.37. The van der Waals surface area contributed by atoms with Crippen LogP contribution in [0.5, 0.6) is 0 Å². The molecule has 1 aromatic carbocycles. The average Bonchev–Trinajstić information content (AvgIpc) is 3.15. The number of aryl methyl sites for hydroxylation is 1. The van der Waals surface area contributed by atoms with Gasteiger partial charge in [0, 0.05) is 32.7 Å².